The van der Waals surface area contributed by atoms with Gasteiger partial charge >= 0.3 is 6.61 Å². The van der Waals surface area contributed by atoms with Gasteiger partial charge in [-0.05, 0) is 35.9 Å². The highest BCUT2D eigenvalue weighted by Gasteiger charge is 2.36. The molecule has 160 valence electrons. The smallest absolute Gasteiger partial charge is 0.387 e. The first kappa shape index (κ1) is 22.0. The largest absolute Gasteiger partial charge is 0.493 e. The highest BCUT2D eigenvalue weighted by Crippen LogP contribution is 2.31. The van der Waals surface area contributed by atoms with Crippen LogP contribution in [0.3, 0.4) is 0 Å². The van der Waals surface area contributed by atoms with Crippen LogP contribution in [0, 0.1) is 5.92 Å². The van der Waals surface area contributed by atoms with E-state index in [1.807, 2.05) is 24.3 Å². The summed E-state index contributed by atoms with van der Waals surface area (Å²) >= 11 is 3.39. The Morgan fingerprint density at radius 1 is 1.27 bits per heavy atom. The molecule has 9 heteroatoms. The average molecular weight is 483 g/mol. The molecule has 0 spiro atoms. The van der Waals surface area contributed by atoms with E-state index in [-0.39, 0.29) is 36.3 Å². The zero-order chi connectivity index (χ0) is 21.8. The van der Waals surface area contributed by atoms with Gasteiger partial charge in [-0.2, -0.15) is 8.78 Å². The maximum atomic E-state index is 12.9. The molecule has 0 bridgehead atoms. The predicted molar refractivity (Wildman–Crippen MR) is 111 cm³/mol. The number of anilines is 1. The van der Waals surface area contributed by atoms with Crippen molar-refractivity contribution in [2.75, 3.05) is 25.6 Å². The maximum absolute atomic E-state index is 12.9. The molecule has 0 saturated carbocycles. The summed E-state index contributed by atoms with van der Waals surface area (Å²) in [7, 11) is 3.00. The SMILES string of the molecule is COc1cc(CN(C)C(=O)C2CC(=O)N(c3cccc(Br)c3)C2)ccc1OC(F)F. The minimum absolute atomic E-state index is 0.0729. The maximum Gasteiger partial charge on any atom is 0.387 e. The number of alkyl halides is 2. The fourth-order valence-corrected chi connectivity index (χ4v) is 3.82. The summed E-state index contributed by atoms with van der Waals surface area (Å²) in [4.78, 5) is 28.5. The average Bonchev–Trinajstić information content (AvgIpc) is 3.09. The summed E-state index contributed by atoms with van der Waals surface area (Å²) in [6.45, 7) is -2.41. The Balaban J connectivity index is 1.67. The molecule has 0 radical (unpaired) electrons. The molecule has 0 aromatic heterocycles. The molecular weight excluding hydrogens is 462 g/mol. The van der Waals surface area contributed by atoms with Crippen LogP contribution >= 0.6 is 15.9 Å². The lowest BCUT2D eigenvalue weighted by Crippen LogP contribution is -2.34. The summed E-state index contributed by atoms with van der Waals surface area (Å²) in [5, 5.41) is 0. The van der Waals surface area contributed by atoms with Gasteiger partial charge in [0.2, 0.25) is 11.8 Å². The van der Waals surface area contributed by atoms with Crippen LogP contribution in [0.5, 0.6) is 11.5 Å². The second-order valence-corrected chi connectivity index (χ2v) is 7.86. The van der Waals surface area contributed by atoms with E-state index in [1.54, 1.807) is 24.1 Å². The lowest BCUT2D eigenvalue weighted by molar-refractivity contribution is -0.135. The van der Waals surface area contributed by atoms with Crippen molar-refractivity contribution in [3.63, 3.8) is 0 Å². The van der Waals surface area contributed by atoms with Gasteiger partial charge < -0.3 is 19.3 Å². The van der Waals surface area contributed by atoms with Crippen LogP contribution in [-0.4, -0.2) is 44.0 Å². The van der Waals surface area contributed by atoms with Crippen LogP contribution in [-0.2, 0) is 16.1 Å². The van der Waals surface area contributed by atoms with Crippen LogP contribution < -0.4 is 14.4 Å². The Morgan fingerprint density at radius 3 is 2.70 bits per heavy atom. The van der Waals surface area contributed by atoms with Gasteiger partial charge in [-0.25, -0.2) is 0 Å². The number of carbonyl (C=O) groups is 2. The Morgan fingerprint density at radius 2 is 2.03 bits per heavy atom. The van der Waals surface area contributed by atoms with Crippen molar-refractivity contribution in [2.24, 2.45) is 5.92 Å². The highest BCUT2D eigenvalue weighted by molar-refractivity contribution is 9.10. The number of amides is 2. The second kappa shape index (κ2) is 9.42. The molecule has 1 atom stereocenters. The van der Waals surface area contributed by atoms with E-state index < -0.39 is 12.5 Å². The number of hydrogen-bond acceptors (Lipinski definition) is 4. The third kappa shape index (κ3) is 5.08. The van der Waals surface area contributed by atoms with Gasteiger partial charge in [0.1, 0.15) is 0 Å². The second-order valence-electron chi connectivity index (χ2n) is 6.94. The quantitative estimate of drug-likeness (QED) is 0.596. The molecule has 1 unspecified atom stereocenters. The van der Waals surface area contributed by atoms with E-state index in [9.17, 15) is 18.4 Å². The standard InChI is InChI=1S/C21H21BrF2N2O4/c1-25(11-13-6-7-17(30-21(23)24)18(8-13)29-2)20(28)14-9-19(27)26(12-14)16-5-3-4-15(22)10-16/h3-8,10,14,21H,9,11-12H2,1-2H3. The molecular formula is C21H21BrF2N2O4. The van der Waals surface area contributed by atoms with E-state index in [1.165, 1.54) is 18.1 Å². The van der Waals surface area contributed by atoms with Gasteiger partial charge in [-0.15, -0.1) is 0 Å². The molecule has 1 aliphatic rings. The number of carbonyl (C=O) groups excluding carboxylic acids is 2. The molecule has 30 heavy (non-hydrogen) atoms. The first-order valence-electron chi connectivity index (χ1n) is 9.21. The number of methoxy groups -OCH3 is 1. The molecule has 0 aliphatic carbocycles. The van der Waals surface area contributed by atoms with Crippen LogP contribution in [0.15, 0.2) is 46.9 Å². The number of benzene rings is 2. The highest BCUT2D eigenvalue weighted by atomic mass is 79.9. The van der Waals surface area contributed by atoms with Crippen molar-refractivity contribution in [2.45, 2.75) is 19.6 Å². The zero-order valence-corrected chi connectivity index (χ0v) is 18.1. The molecule has 0 N–H and O–H groups in total. The monoisotopic (exact) mass is 482 g/mol. The van der Waals surface area contributed by atoms with Crippen LogP contribution in [0.4, 0.5) is 14.5 Å². The first-order chi connectivity index (χ1) is 14.3. The third-order valence-corrected chi connectivity index (χ3v) is 5.33. The molecule has 3 rings (SSSR count). The summed E-state index contributed by atoms with van der Waals surface area (Å²) in [6, 6.07) is 11.9. The van der Waals surface area contributed by atoms with Crippen molar-refractivity contribution in [3.8, 4) is 11.5 Å². The Bertz CT molecular complexity index is 941. The van der Waals surface area contributed by atoms with E-state index in [4.69, 9.17) is 4.74 Å². The van der Waals surface area contributed by atoms with Gasteiger partial charge in [0.15, 0.2) is 11.5 Å². The molecule has 1 aliphatic heterocycles. The number of ether oxygens (including phenoxy) is 2. The normalized spacial score (nSPS) is 16.1. The van der Waals surface area contributed by atoms with Gasteiger partial charge in [-0.3, -0.25) is 9.59 Å². The van der Waals surface area contributed by atoms with E-state index in [0.29, 0.717) is 12.1 Å². The van der Waals surface area contributed by atoms with Gasteiger partial charge in [0, 0.05) is 36.7 Å². The summed E-state index contributed by atoms with van der Waals surface area (Å²) in [5.74, 6) is -0.630. The fourth-order valence-electron chi connectivity index (χ4n) is 3.43. The third-order valence-electron chi connectivity index (χ3n) is 4.83. The van der Waals surface area contributed by atoms with Crippen molar-refractivity contribution in [1.82, 2.24) is 4.90 Å². The van der Waals surface area contributed by atoms with Crippen LogP contribution in [0.25, 0.3) is 0 Å². The molecule has 1 fully saturated rings. The number of nitrogens with zero attached hydrogens (tertiary/aromatic N) is 2. The summed E-state index contributed by atoms with van der Waals surface area (Å²) in [6.07, 6.45) is 0.139. The minimum atomic E-state index is -2.96. The van der Waals surface area contributed by atoms with Gasteiger partial charge in [0.25, 0.3) is 0 Å². The number of hydrogen-bond donors (Lipinski definition) is 0. The van der Waals surface area contributed by atoms with Gasteiger partial charge in [-0.1, -0.05) is 28.1 Å². The molecule has 2 aromatic rings. The Hall–Kier alpha value is -2.68. The Labute approximate surface area is 181 Å². The number of rotatable bonds is 7. The van der Waals surface area contributed by atoms with Crippen molar-refractivity contribution in [3.05, 3.63) is 52.5 Å². The molecule has 2 aromatic carbocycles. The first-order valence-corrected chi connectivity index (χ1v) is 10.0. The molecule has 2 amide bonds. The van der Waals surface area contributed by atoms with E-state index in [2.05, 4.69) is 20.7 Å². The lowest BCUT2D eigenvalue weighted by Gasteiger charge is -2.22. The van der Waals surface area contributed by atoms with Gasteiger partial charge in [0.05, 0.1) is 13.0 Å². The molecule has 1 heterocycles. The van der Waals surface area contributed by atoms with E-state index in [0.717, 1.165) is 10.2 Å². The summed E-state index contributed by atoms with van der Waals surface area (Å²) < 4.78 is 35.3. The Kier molecular flexibility index (Phi) is 6.91. The van der Waals surface area contributed by atoms with Crippen LogP contribution in [0.2, 0.25) is 0 Å². The summed E-state index contributed by atoms with van der Waals surface area (Å²) in [5.41, 5.74) is 1.43. The van der Waals surface area contributed by atoms with Crippen LogP contribution in [0.1, 0.15) is 12.0 Å². The van der Waals surface area contributed by atoms with Crippen molar-refractivity contribution < 1.29 is 27.8 Å². The molecule has 6 nitrogen and oxygen atoms in total. The van der Waals surface area contributed by atoms with E-state index >= 15 is 0 Å². The minimum Gasteiger partial charge on any atom is -0.493 e. The number of halogens is 3. The topological polar surface area (TPSA) is 59.1 Å². The zero-order valence-electron chi connectivity index (χ0n) is 16.5. The van der Waals surface area contributed by atoms with Crippen molar-refractivity contribution >= 4 is 33.4 Å². The lowest BCUT2D eigenvalue weighted by atomic mass is 10.1. The predicted octanol–water partition coefficient (Wildman–Crippen LogP) is 4.07. The van der Waals surface area contributed by atoms with Crippen molar-refractivity contribution in [1.29, 1.82) is 0 Å². The fraction of sp³-hybridized carbons (Fsp3) is 0.333. The molecule has 1 saturated heterocycles.